The van der Waals surface area contributed by atoms with Gasteiger partial charge in [-0.3, -0.25) is 4.98 Å². The third-order valence-electron chi connectivity index (χ3n) is 2.74. The first-order valence-electron chi connectivity index (χ1n) is 5.64. The predicted octanol–water partition coefficient (Wildman–Crippen LogP) is 3.45. The first-order chi connectivity index (χ1) is 7.77. The van der Waals surface area contributed by atoms with Gasteiger partial charge >= 0.3 is 0 Å². The lowest BCUT2D eigenvalue weighted by Crippen LogP contribution is -2.23. The van der Waals surface area contributed by atoms with Crippen LogP contribution in [-0.2, 0) is 9.47 Å². The van der Waals surface area contributed by atoms with Crippen molar-refractivity contribution < 1.29 is 9.47 Å². The molecule has 1 aliphatic rings. The van der Waals surface area contributed by atoms with Crippen LogP contribution in [0.3, 0.4) is 0 Å². The van der Waals surface area contributed by atoms with Gasteiger partial charge in [-0.15, -0.1) is 0 Å². The fourth-order valence-corrected chi connectivity index (χ4v) is 2.41. The van der Waals surface area contributed by atoms with Crippen LogP contribution in [0.5, 0.6) is 0 Å². The van der Waals surface area contributed by atoms with Crippen molar-refractivity contribution in [2.24, 2.45) is 0 Å². The number of aromatic nitrogens is 1. The Morgan fingerprint density at radius 1 is 1.56 bits per heavy atom. The van der Waals surface area contributed by atoms with Gasteiger partial charge in [0.25, 0.3) is 0 Å². The summed E-state index contributed by atoms with van der Waals surface area (Å²) in [6, 6.07) is 1.97. The summed E-state index contributed by atoms with van der Waals surface area (Å²) < 4.78 is 12.4. The highest BCUT2D eigenvalue weighted by Crippen LogP contribution is 2.27. The van der Waals surface area contributed by atoms with Gasteiger partial charge in [-0.05, 0) is 53.7 Å². The van der Waals surface area contributed by atoms with Crippen molar-refractivity contribution >= 4 is 15.9 Å². The Kier molecular flexibility index (Phi) is 4.32. The van der Waals surface area contributed by atoms with Gasteiger partial charge in [-0.2, -0.15) is 0 Å². The van der Waals surface area contributed by atoms with E-state index in [4.69, 9.17) is 9.47 Å². The molecule has 1 aromatic heterocycles. The second-order valence-corrected chi connectivity index (χ2v) is 4.83. The zero-order chi connectivity index (χ0) is 11.4. The summed E-state index contributed by atoms with van der Waals surface area (Å²) >= 11 is 3.48. The number of ether oxygens (including phenoxy) is 2. The van der Waals surface area contributed by atoms with Crippen LogP contribution >= 0.6 is 15.9 Å². The number of pyridine rings is 1. The summed E-state index contributed by atoms with van der Waals surface area (Å²) in [6.45, 7) is 2.85. The second kappa shape index (κ2) is 5.75. The summed E-state index contributed by atoms with van der Waals surface area (Å²) in [7, 11) is 0. The molecule has 0 N–H and O–H groups in total. The Morgan fingerprint density at radius 3 is 3.12 bits per heavy atom. The Hall–Kier alpha value is -0.450. The lowest BCUT2D eigenvalue weighted by Gasteiger charge is -2.26. The van der Waals surface area contributed by atoms with Crippen LogP contribution in [0.25, 0.3) is 0 Å². The van der Waals surface area contributed by atoms with E-state index in [0.717, 1.165) is 29.5 Å². The third kappa shape index (κ3) is 3.03. The van der Waals surface area contributed by atoms with Gasteiger partial charge in [0, 0.05) is 23.5 Å². The minimum atomic E-state index is -0.0520. The van der Waals surface area contributed by atoms with Crippen LogP contribution in [0.15, 0.2) is 22.9 Å². The number of halogens is 1. The number of hydrogen-bond acceptors (Lipinski definition) is 3. The van der Waals surface area contributed by atoms with Gasteiger partial charge in [0.15, 0.2) is 6.29 Å². The molecule has 0 amide bonds. The van der Waals surface area contributed by atoms with E-state index in [1.165, 1.54) is 6.42 Å². The Morgan fingerprint density at radius 2 is 2.44 bits per heavy atom. The zero-order valence-corrected chi connectivity index (χ0v) is 10.9. The number of rotatable bonds is 3. The van der Waals surface area contributed by atoms with Crippen LogP contribution < -0.4 is 0 Å². The monoisotopic (exact) mass is 285 g/mol. The first-order valence-corrected chi connectivity index (χ1v) is 6.43. The Labute approximate surface area is 104 Å². The highest BCUT2D eigenvalue weighted by atomic mass is 79.9. The molecule has 2 unspecified atom stereocenters. The van der Waals surface area contributed by atoms with Crippen molar-refractivity contribution in [2.75, 3.05) is 6.61 Å². The maximum atomic E-state index is 5.88. The van der Waals surface area contributed by atoms with Gasteiger partial charge < -0.3 is 9.47 Å². The molecule has 4 heteroatoms. The van der Waals surface area contributed by atoms with Gasteiger partial charge in [0.1, 0.15) is 0 Å². The molecule has 1 saturated heterocycles. The summed E-state index contributed by atoms with van der Waals surface area (Å²) in [6.07, 6.45) is 6.87. The molecule has 88 valence electrons. The van der Waals surface area contributed by atoms with Crippen molar-refractivity contribution in [1.82, 2.24) is 4.98 Å². The topological polar surface area (TPSA) is 31.4 Å². The summed E-state index contributed by atoms with van der Waals surface area (Å²) in [5.74, 6) is 0. The molecule has 0 saturated carbocycles. The van der Waals surface area contributed by atoms with Crippen LogP contribution in [0.4, 0.5) is 0 Å². The van der Waals surface area contributed by atoms with Crippen LogP contribution in [0.2, 0.25) is 0 Å². The highest BCUT2D eigenvalue weighted by Gasteiger charge is 2.19. The summed E-state index contributed by atoms with van der Waals surface area (Å²) in [5, 5.41) is 0. The van der Waals surface area contributed by atoms with Crippen molar-refractivity contribution in [2.45, 2.75) is 38.6 Å². The molecular formula is C12H16BrNO2. The lowest BCUT2D eigenvalue weighted by molar-refractivity contribution is -0.186. The first kappa shape index (κ1) is 12.0. The molecule has 16 heavy (non-hydrogen) atoms. The van der Waals surface area contributed by atoms with Gasteiger partial charge in [0.05, 0.1) is 6.10 Å². The molecule has 2 atom stereocenters. The van der Waals surface area contributed by atoms with E-state index in [0.29, 0.717) is 0 Å². The van der Waals surface area contributed by atoms with Crippen molar-refractivity contribution in [3.8, 4) is 0 Å². The molecule has 2 heterocycles. The highest BCUT2D eigenvalue weighted by molar-refractivity contribution is 9.10. The average Bonchev–Trinajstić information content (AvgIpc) is 2.31. The maximum absolute atomic E-state index is 5.88. The minimum absolute atomic E-state index is 0.0282. The fourth-order valence-electron chi connectivity index (χ4n) is 1.84. The van der Waals surface area contributed by atoms with Crippen molar-refractivity contribution in [3.05, 3.63) is 28.5 Å². The molecule has 0 aliphatic carbocycles. The minimum Gasteiger partial charge on any atom is -0.353 e. The van der Waals surface area contributed by atoms with E-state index in [2.05, 4.69) is 20.9 Å². The predicted molar refractivity (Wildman–Crippen MR) is 65.0 cm³/mol. The quantitative estimate of drug-likeness (QED) is 0.852. The average molecular weight is 286 g/mol. The lowest BCUT2D eigenvalue weighted by atomic mass is 10.1. The molecule has 1 fully saturated rings. The molecule has 1 aromatic rings. The normalized spacial score (nSPS) is 23.0. The van der Waals surface area contributed by atoms with Crippen LogP contribution in [0, 0.1) is 0 Å². The standard InChI is InChI=1S/C12H16BrNO2/c1-9(10-5-6-14-8-11(10)13)16-12-4-2-3-7-15-12/h5-6,8-9,12H,2-4,7H2,1H3. The van der Waals surface area contributed by atoms with E-state index in [9.17, 15) is 0 Å². The SMILES string of the molecule is CC(OC1CCCCO1)c1ccncc1Br. The van der Waals surface area contributed by atoms with Crippen LogP contribution in [-0.4, -0.2) is 17.9 Å². The number of hydrogen-bond donors (Lipinski definition) is 0. The van der Waals surface area contributed by atoms with E-state index in [1.807, 2.05) is 13.0 Å². The molecule has 2 rings (SSSR count). The Bertz CT molecular complexity index is 340. The van der Waals surface area contributed by atoms with Gasteiger partial charge in [0.2, 0.25) is 0 Å². The maximum Gasteiger partial charge on any atom is 0.158 e. The fraction of sp³-hybridized carbons (Fsp3) is 0.583. The van der Waals surface area contributed by atoms with Crippen molar-refractivity contribution in [1.29, 1.82) is 0 Å². The smallest absolute Gasteiger partial charge is 0.158 e. The van der Waals surface area contributed by atoms with E-state index in [-0.39, 0.29) is 12.4 Å². The van der Waals surface area contributed by atoms with Gasteiger partial charge in [-0.25, -0.2) is 0 Å². The zero-order valence-electron chi connectivity index (χ0n) is 9.36. The largest absolute Gasteiger partial charge is 0.353 e. The van der Waals surface area contributed by atoms with E-state index >= 15 is 0 Å². The molecule has 3 nitrogen and oxygen atoms in total. The summed E-state index contributed by atoms with van der Waals surface area (Å²) in [5.41, 5.74) is 1.11. The Balaban J connectivity index is 1.96. The van der Waals surface area contributed by atoms with Crippen molar-refractivity contribution in [3.63, 3.8) is 0 Å². The molecule has 0 bridgehead atoms. The molecule has 0 aromatic carbocycles. The molecule has 1 aliphatic heterocycles. The third-order valence-corrected chi connectivity index (χ3v) is 3.40. The molecular weight excluding hydrogens is 270 g/mol. The van der Waals surface area contributed by atoms with Gasteiger partial charge in [-0.1, -0.05) is 0 Å². The number of nitrogens with zero attached hydrogens (tertiary/aromatic N) is 1. The van der Waals surface area contributed by atoms with E-state index < -0.39 is 0 Å². The molecule has 0 radical (unpaired) electrons. The van der Waals surface area contributed by atoms with Crippen LogP contribution in [0.1, 0.15) is 37.9 Å². The second-order valence-electron chi connectivity index (χ2n) is 3.97. The summed E-state index contributed by atoms with van der Waals surface area (Å²) in [4.78, 5) is 4.04. The van der Waals surface area contributed by atoms with E-state index in [1.54, 1.807) is 12.4 Å². The molecule has 0 spiro atoms.